The molecular formula is C22H29N3O3S. The fourth-order valence-electron chi connectivity index (χ4n) is 2.67. The second-order valence-electron chi connectivity index (χ2n) is 6.54. The van der Waals surface area contributed by atoms with Crippen LogP contribution in [0.1, 0.15) is 43.7 Å². The summed E-state index contributed by atoms with van der Waals surface area (Å²) in [6.07, 6.45) is 3.45. The van der Waals surface area contributed by atoms with Crippen LogP contribution in [0, 0.1) is 0 Å². The van der Waals surface area contributed by atoms with Crippen molar-refractivity contribution >= 4 is 23.5 Å². The Morgan fingerprint density at radius 3 is 2.55 bits per heavy atom. The fraction of sp³-hybridized carbons (Fsp3) is 0.364. The largest absolute Gasteiger partial charge is 0.493 e. The number of ether oxygens (including phenoxy) is 3. The predicted octanol–water partition coefficient (Wildman–Crippen LogP) is 4.22. The molecule has 7 heteroatoms. The Labute approximate surface area is 178 Å². The van der Waals surface area contributed by atoms with E-state index in [0.29, 0.717) is 30.6 Å². The summed E-state index contributed by atoms with van der Waals surface area (Å²) in [6, 6.07) is 13.9. The minimum absolute atomic E-state index is 0.0981. The van der Waals surface area contributed by atoms with Crippen LogP contribution < -0.4 is 25.4 Å². The third kappa shape index (κ3) is 7.27. The highest BCUT2D eigenvalue weighted by Gasteiger charge is 2.09. The molecule has 0 amide bonds. The summed E-state index contributed by atoms with van der Waals surface area (Å²) in [5.41, 5.74) is 10.00. The first-order valence-corrected chi connectivity index (χ1v) is 10.1. The predicted molar refractivity (Wildman–Crippen MR) is 121 cm³/mol. The molecule has 0 unspecified atom stereocenters. The Kier molecular flexibility index (Phi) is 9.24. The molecule has 3 N–H and O–H groups in total. The minimum atomic E-state index is 0.0981. The van der Waals surface area contributed by atoms with Gasteiger partial charge in [0.2, 0.25) is 0 Å². The molecule has 0 spiro atoms. The van der Waals surface area contributed by atoms with Crippen molar-refractivity contribution in [2.45, 2.75) is 32.6 Å². The highest BCUT2D eigenvalue weighted by Crippen LogP contribution is 2.30. The fourth-order valence-corrected chi connectivity index (χ4v) is 2.72. The first-order chi connectivity index (χ1) is 14.0. The second kappa shape index (κ2) is 11.9. The Morgan fingerprint density at radius 2 is 1.90 bits per heavy atom. The van der Waals surface area contributed by atoms with Gasteiger partial charge in [0.05, 0.1) is 26.5 Å². The molecule has 2 aromatic carbocycles. The van der Waals surface area contributed by atoms with Crippen molar-refractivity contribution in [1.82, 2.24) is 5.43 Å². The monoisotopic (exact) mass is 415 g/mol. The summed E-state index contributed by atoms with van der Waals surface area (Å²) in [6.45, 7) is 5.46. The van der Waals surface area contributed by atoms with Gasteiger partial charge in [0, 0.05) is 12.0 Å². The summed E-state index contributed by atoms with van der Waals surface area (Å²) >= 11 is 4.74. The van der Waals surface area contributed by atoms with Gasteiger partial charge in [0.25, 0.3) is 0 Å². The zero-order valence-electron chi connectivity index (χ0n) is 17.2. The van der Waals surface area contributed by atoms with E-state index in [1.165, 1.54) is 5.56 Å². The van der Waals surface area contributed by atoms with Gasteiger partial charge in [-0.1, -0.05) is 32.0 Å². The number of hydrazone groups is 1. The average Bonchev–Trinajstić information content (AvgIpc) is 2.73. The molecule has 0 saturated carbocycles. The summed E-state index contributed by atoms with van der Waals surface area (Å²) in [5.74, 6) is 2.67. The molecule has 0 saturated heterocycles. The van der Waals surface area contributed by atoms with Crippen LogP contribution >= 0.6 is 12.2 Å². The van der Waals surface area contributed by atoms with Crippen LogP contribution in [-0.2, 0) is 0 Å². The molecule has 0 aliphatic heterocycles. The molecule has 2 aromatic rings. The highest BCUT2D eigenvalue weighted by molar-refractivity contribution is 7.80. The van der Waals surface area contributed by atoms with Crippen LogP contribution in [0.25, 0.3) is 0 Å². The standard InChI is InChI=1S/C22H29N3O3S/c1-4-16(2)17-9-11-19(12-10-17)27-13-6-14-28-21-18(15-24-25-22(23)29)7-5-8-20(21)26-3/h5,7-12,15-16H,4,6,13-14H2,1-3H3,(H3,23,25,29)/b24-15-/t16-/m0/s1. The molecule has 0 radical (unpaired) electrons. The molecule has 29 heavy (non-hydrogen) atoms. The topological polar surface area (TPSA) is 78.1 Å². The van der Waals surface area contributed by atoms with Crippen LogP contribution in [0.15, 0.2) is 47.6 Å². The summed E-state index contributed by atoms with van der Waals surface area (Å²) in [4.78, 5) is 0. The highest BCUT2D eigenvalue weighted by atomic mass is 32.1. The zero-order chi connectivity index (χ0) is 21.1. The van der Waals surface area contributed by atoms with Crippen molar-refractivity contribution in [3.05, 3.63) is 53.6 Å². The molecule has 0 aliphatic rings. The molecule has 0 heterocycles. The number of benzene rings is 2. The van der Waals surface area contributed by atoms with E-state index in [9.17, 15) is 0 Å². The number of methoxy groups -OCH3 is 1. The Morgan fingerprint density at radius 1 is 1.17 bits per heavy atom. The smallest absolute Gasteiger partial charge is 0.184 e. The average molecular weight is 416 g/mol. The number of nitrogens with two attached hydrogens (primary N) is 1. The van der Waals surface area contributed by atoms with Gasteiger partial charge in [-0.3, -0.25) is 5.43 Å². The molecule has 156 valence electrons. The molecule has 0 bridgehead atoms. The van der Waals surface area contributed by atoms with Gasteiger partial charge in [0.1, 0.15) is 5.75 Å². The van der Waals surface area contributed by atoms with E-state index in [2.05, 4.69) is 36.5 Å². The van der Waals surface area contributed by atoms with Crippen molar-refractivity contribution < 1.29 is 14.2 Å². The molecule has 0 aromatic heterocycles. The van der Waals surface area contributed by atoms with Crippen LogP contribution in [-0.4, -0.2) is 31.7 Å². The van der Waals surface area contributed by atoms with E-state index < -0.39 is 0 Å². The molecule has 2 rings (SSSR count). The summed E-state index contributed by atoms with van der Waals surface area (Å²) in [7, 11) is 1.60. The van der Waals surface area contributed by atoms with E-state index in [1.54, 1.807) is 13.3 Å². The van der Waals surface area contributed by atoms with Gasteiger partial charge in [-0.05, 0) is 54.4 Å². The van der Waals surface area contributed by atoms with Gasteiger partial charge in [0.15, 0.2) is 16.6 Å². The lowest BCUT2D eigenvalue weighted by atomic mass is 9.99. The van der Waals surface area contributed by atoms with Crippen molar-refractivity contribution in [2.75, 3.05) is 20.3 Å². The Hall–Kier alpha value is -2.80. The minimum Gasteiger partial charge on any atom is -0.493 e. The molecular weight excluding hydrogens is 386 g/mol. The van der Waals surface area contributed by atoms with Crippen LogP contribution in [0.3, 0.4) is 0 Å². The summed E-state index contributed by atoms with van der Waals surface area (Å²) in [5, 5.41) is 4.08. The number of thiocarbonyl (C=S) groups is 1. The first-order valence-electron chi connectivity index (χ1n) is 9.66. The molecule has 0 fully saturated rings. The van der Waals surface area contributed by atoms with Crippen LogP contribution in [0.5, 0.6) is 17.2 Å². The maximum absolute atomic E-state index is 5.93. The van der Waals surface area contributed by atoms with E-state index in [0.717, 1.165) is 24.2 Å². The normalized spacial score (nSPS) is 11.8. The van der Waals surface area contributed by atoms with Crippen molar-refractivity contribution in [1.29, 1.82) is 0 Å². The van der Waals surface area contributed by atoms with Gasteiger partial charge in [-0.25, -0.2) is 0 Å². The van der Waals surface area contributed by atoms with Gasteiger partial charge >= 0.3 is 0 Å². The zero-order valence-corrected chi connectivity index (χ0v) is 18.0. The lowest BCUT2D eigenvalue weighted by molar-refractivity contribution is 0.240. The molecule has 6 nitrogen and oxygen atoms in total. The van der Waals surface area contributed by atoms with Crippen LogP contribution in [0.2, 0.25) is 0 Å². The lowest BCUT2D eigenvalue weighted by Gasteiger charge is -2.14. The number of hydrogen-bond donors (Lipinski definition) is 2. The van der Waals surface area contributed by atoms with Crippen molar-refractivity contribution in [3.63, 3.8) is 0 Å². The van der Waals surface area contributed by atoms with Gasteiger partial charge in [-0.2, -0.15) is 5.10 Å². The maximum Gasteiger partial charge on any atom is 0.184 e. The Balaban J connectivity index is 1.86. The first kappa shape index (κ1) is 22.5. The molecule has 0 aliphatic carbocycles. The van der Waals surface area contributed by atoms with Crippen molar-refractivity contribution in [2.24, 2.45) is 10.8 Å². The quantitative estimate of drug-likeness (QED) is 0.248. The van der Waals surface area contributed by atoms with Gasteiger partial charge in [-0.15, -0.1) is 0 Å². The SMILES string of the molecule is CC[C@H](C)c1ccc(OCCCOc2c(/C=N\NC(N)=S)cccc2OC)cc1. The van der Waals surface area contributed by atoms with Gasteiger partial charge < -0.3 is 19.9 Å². The number of para-hydroxylation sites is 1. The maximum atomic E-state index is 5.93. The number of hydrogen-bond acceptors (Lipinski definition) is 5. The number of nitrogens with one attached hydrogen (secondary N) is 1. The van der Waals surface area contributed by atoms with E-state index in [1.807, 2.05) is 30.3 Å². The third-order valence-corrected chi connectivity index (χ3v) is 4.56. The third-order valence-electron chi connectivity index (χ3n) is 4.47. The summed E-state index contributed by atoms with van der Waals surface area (Å²) < 4.78 is 17.1. The van der Waals surface area contributed by atoms with E-state index >= 15 is 0 Å². The molecule has 1 atom stereocenters. The van der Waals surface area contributed by atoms with Crippen LogP contribution in [0.4, 0.5) is 0 Å². The number of nitrogens with zero attached hydrogens (tertiary/aromatic N) is 1. The van der Waals surface area contributed by atoms with E-state index in [-0.39, 0.29) is 5.11 Å². The van der Waals surface area contributed by atoms with E-state index in [4.69, 9.17) is 32.2 Å². The Bertz CT molecular complexity index is 809. The lowest BCUT2D eigenvalue weighted by Crippen LogP contribution is -2.24. The van der Waals surface area contributed by atoms with Crippen molar-refractivity contribution in [3.8, 4) is 17.2 Å². The second-order valence-corrected chi connectivity index (χ2v) is 6.98. The number of rotatable bonds is 11.